The van der Waals surface area contributed by atoms with Crippen LogP contribution in [-0.2, 0) is 13.6 Å². The molecule has 0 unspecified atom stereocenters. The molecule has 0 bridgehead atoms. The summed E-state index contributed by atoms with van der Waals surface area (Å²) in [6.07, 6.45) is 3.44. The van der Waals surface area contributed by atoms with Gasteiger partial charge in [0.25, 0.3) is 5.91 Å². The standard InChI is InChI=1S/C16H19N5O2/c1-10(2)8-21-9-12(7-17-21)18-15(22)11-4-5-13-14(6-11)20(3)16(23)19-13/h4-7,9-10H,8H2,1-3H3,(H,18,22)(H,19,23). The van der Waals surface area contributed by atoms with Crippen LogP contribution in [0.15, 0.2) is 35.4 Å². The molecule has 23 heavy (non-hydrogen) atoms. The molecule has 0 saturated heterocycles. The quantitative estimate of drug-likeness (QED) is 0.772. The van der Waals surface area contributed by atoms with E-state index >= 15 is 0 Å². The maximum atomic E-state index is 12.4. The highest BCUT2D eigenvalue weighted by Gasteiger charge is 2.11. The molecule has 7 nitrogen and oxygen atoms in total. The molecule has 2 aromatic heterocycles. The largest absolute Gasteiger partial charge is 0.326 e. The Morgan fingerprint density at radius 2 is 2.17 bits per heavy atom. The van der Waals surface area contributed by atoms with E-state index < -0.39 is 0 Å². The molecule has 0 spiro atoms. The lowest BCUT2D eigenvalue weighted by atomic mass is 10.2. The summed E-state index contributed by atoms with van der Waals surface area (Å²) in [6.45, 7) is 5.01. The summed E-state index contributed by atoms with van der Waals surface area (Å²) in [5, 5.41) is 7.04. The Kier molecular flexibility index (Phi) is 3.77. The van der Waals surface area contributed by atoms with Gasteiger partial charge in [0.2, 0.25) is 0 Å². The first-order chi connectivity index (χ1) is 10.9. The minimum absolute atomic E-state index is 0.201. The van der Waals surface area contributed by atoms with E-state index in [4.69, 9.17) is 0 Å². The van der Waals surface area contributed by atoms with Crippen LogP contribution in [0.1, 0.15) is 24.2 Å². The van der Waals surface area contributed by atoms with Gasteiger partial charge in [-0.2, -0.15) is 5.10 Å². The van der Waals surface area contributed by atoms with E-state index in [1.165, 1.54) is 4.57 Å². The van der Waals surface area contributed by atoms with Crippen LogP contribution in [0.3, 0.4) is 0 Å². The summed E-state index contributed by atoms with van der Waals surface area (Å²) < 4.78 is 3.28. The zero-order valence-corrected chi connectivity index (χ0v) is 13.3. The van der Waals surface area contributed by atoms with E-state index in [9.17, 15) is 9.59 Å². The molecule has 0 atom stereocenters. The van der Waals surface area contributed by atoms with Gasteiger partial charge in [0, 0.05) is 25.4 Å². The highest BCUT2D eigenvalue weighted by Crippen LogP contribution is 2.14. The highest BCUT2D eigenvalue weighted by molar-refractivity contribution is 6.05. The second-order valence-corrected chi connectivity index (χ2v) is 6.02. The first kappa shape index (κ1) is 15.1. The lowest BCUT2D eigenvalue weighted by molar-refractivity contribution is 0.102. The number of aryl methyl sites for hydroxylation is 1. The molecule has 0 aliphatic carbocycles. The van der Waals surface area contributed by atoms with Crippen molar-refractivity contribution in [3.05, 3.63) is 46.6 Å². The van der Waals surface area contributed by atoms with Gasteiger partial charge in [-0.25, -0.2) is 4.79 Å². The van der Waals surface area contributed by atoms with Crippen LogP contribution in [0.25, 0.3) is 11.0 Å². The number of amides is 1. The molecule has 0 fully saturated rings. The van der Waals surface area contributed by atoms with Gasteiger partial charge in [-0.1, -0.05) is 13.8 Å². The molecule has 120 valence electrons. The van der Waals surface area contributed by atoms with Crippen molar-refractivity contribution in [2.75, 3.05) is 5.32 Å². The number of aromatic amines is 1. The minimum Gasteiger partial charge on any atom is -0.319 e. The van der Waals surface area contributed by atoms with Crippen molar-refractivity contribution in [2.24, 2.45) is 13.0 Å². The number of hydrogen-bond acceptors (Lipinski definition) is 3. The molecule has 1 amide bonds. The highest BCUT2D eigenvalue weighted by atomic mass is 16.2. The van der Waals surface area contributed by atoms with Gasteiger partial charge in [0.15, 0.2) is 0 Å². The molecule has 1 aromatic carbocycles. The zero-order valence-electron chi connectivity index (χ0n) is 13.3. The number of aromatic nitrogens is 4. The second kappa shape index (κ2) is 5.75. The number of nitrogens with zero attached hydrogens (tertiary/aromatic N) is 3. The molecular formula is C16H19N5O2. The fourth-order valence-corrected chi connectivity index (χ4v) is 2.47. The van der Waals surface area contributed by atoms with Crippen LogP contribution in [0.5, 0.6) is 0 Å². The summed E-state index contributed by atoms with van der Waals surface area (Å²) in [7, 11) is 1.67. The Morgan fingerprint density at radius 1 is 1.39 bits per heavy atom. The maximum Gasteiger partial charge on any atom is 0.326 e. The SMILES string of the molecule is CC(C)Cn1cc(NC(=O)c2ccc3[nH]c(=O)n(C)c3c2)cn1. The lowest BCUT2D eigenvalue weighted by Gasteiger charge is -2.04. The number of carbonyl (C=O) groups is 1. The van der Waals surface area contributed by atoms with Crippen LogP contribution in [-0.4, -0.2) is 25.2 Å². The summed E-state index contributed by atoms with van der Waals surface area (Å²) in [6, 6.07) is 5.11. The number of anilines is 1. The summed E-state index contributed by atoms with van der Waals surface area (Å²) >= 11 is 0. The number of fused-ring (bicyclic) bond motifs is 1. The van der Waals surface area contributed by atoms with Gasteiger partial charge < -0.3 is 10.3 Å². The van der Waals surface area contributed by atoms with Gasteiger partial charge in [-0.15, -0.1) is 0 Å². The van der Waals surface area contributed by atoms with Crippen molar-refractivity contribution in [1.29, 1.82) is 0 Å². The fraction of sp³-hybridized carbons (Fsp3) is 0.312. The van der Waals surface area contributed by atoms with E-state index in [1.807, 2.05) is 6.20 Å². The number of benzene rings is 1. The topological polar surface area (TPSA) is 84.7 Å². The maximum absolute atomic E-state index is 12.4. The first-order valence-electron chi connectivity index (χ1n) is 7.46. The second-order valence-electron chi connectivity index (χ2n) is 6.02. The predicted octanol–water partition coefficient (Wildman–Crippen LogP) is 1.97. The normalized spacial score (nSPS) is 11.3. The Morgan fingerprint density at radius 3 is 2.91 bits per heavy atom. The summed E-state index contributed by atoms with van der Waals surface area (Å²) in [4.78, 5) is 26.7. The molecular weight excluding hydrogens is 294 g/mol. The van der Waals surface area contributed by atoms with Crippen molar-refractivity contribution in [1.82, 2.24) is 19.3 Å². The monoisotopic (exact) mass is 313 g/mol. The molecule has 2 N–H and O–H groups in total. The van der Waals surface area contributed by atoms with E-state index in [1.54, 1.807) is 36.1 Å². The molecule has 0 saturated carbocycles. The summed E-state index contributed by atoms with van der Waals surface area (Å²) in [5.41, 5.74) is 2.34. The average molecular weight is 313 g/mol. The fourth-order valence-electron chi connectivity index (χ4n) is 2.47. The smallest absolute Gasteiger partial charge is 0.319 e. The van der Waals surface area contributed by atoms with Crippen molar-refractivity contribution >= 4 is 22.6 Å². The van der Waals surface area contributed by atoms with Gasteiger partial charge in [-0.05, 0) is 24.1 Å². The van der Waals surface area contributed by atoms with Crippen molar-refractivity contribution < 1.29 is 4.79 Å². The van der Waals surface area contributed by atoms with Crippen LogP contribution < -0.4 is 11.0 Å². The number of H-pyrrole nitrogens is 1. The average Bonchev–Trinajstić information content (AvgIpc) is 3.03. The van der Waals surface area contributed by atoms with Crippen LogP contribution in [0.4, 0.5) is 5.69 Å². The molecule has 3 aromatic rings. The Balaban J connectivity index is 1.81. The van der Waals surface area contributed by atoms with E-state index in [0.29, 0.717) is 28.2 Å². The van der Waals surface area contributed by atoms with E-state index in [0.717, 1.165) is 6.54 Å². The third-order valence-electron chi connectivity index (χ3n) is 3.61. The Hall–Kier alpha value is -2.83. The van der Waals surface area contributed by atoms with Gasteiger partial charge in [0.1, 0.15) is 0 Å². The number of carbonyl (C=O) groups excluding carboxylic acids is 1. The Labute approximate surface area is 132 Å². The lowest BCUT2D eigenvalue weighted by Crippen LogP contribution is -2.13. The van der Waals surface area contributed by atoms with Crippen LogP contribution in [0, 0.1) is 5.92 Å². The first-order valence-corrected chi connectivity index (χ1v) is 7.46. The summed E-state index contributed by atoms with van der Waals surface area (Å²) in [5.74, 6) is 0.250. The minimum atomic E-state index is -0.232. The third kappa shape index (κ3) is 3.03. The van der Waals surface area contributed by atoms with Gasteiger partial charge in [0.05, 0.1) is 22.9 Å². The van der Waals surface area contributed by atoms with Crippen molar-refractivity contribution in [3.8, 4) is 0 Å². The van der Waals surface area contributed by atoms with Gasteiger partial charge in [-0.3, -0.25) is 14.0 Å². The zero-order chi connectivity index (χ0) is 16.6. The molecule has 0 aliphatic rings. The number of imidazole rings is 1. The number of rotatable bonds is 4. The van der Waals surface area contributed by atoms with E-state index in [-0.39, 0.29) is 11.6 Å². The molecule has 2 heterocycles. The molecule has 7 heteroatoms. The number of hydrogen-bond donors (Lipinski definition) is 2. The molecule has 0 aliphatic heterocycles. The van der Waals surface area contributed by atoms with E-state index in [2.05, 4.69) is 29.2 Å². The van der Waals surface area contributed by atoms with Crippen molar-refractivity contribution in [2.45, 2.75) is 20.4 Å². The predicted molar refractivity (Wildman–Crippen MR) is 88.6 cm³/mol. The number of nitrogens with one attached hydrogen (secondary N) is 2. The Bertz CT molecular complexity index is 916. The molecule has 0 radical (unpaired) electrons. The van der Waals surface area contributed by atoms with Crippen molar-refractivity contribution in [3.63, 3.8) is 0 Å². The van der Waals surface area contributed by atoms with Crippen LogP contribution >= 0.6 is 0 Å². The van der Waals surface area contributed by atoms with Crippen LogP contribution in [0.2, 0.25) is 0 Å². The van der Waals surface area contributed by atoms with Gasteiger partial charge >= 0.3 is 5.69 Å². The third-order valence-corrected chi connectivity index (χ3v) is 3.61. The molecule has 3 rings (SSSR count).